The number of aliphatic hydroxyl groups is 2. The number of ether oxygens (including phenoxy) is 3. The van der Waals surface area contributed by atoms with Gasteiger partial charge in [0, 0.05) is 18.0 Å². The Morgan fingerprint density at radius 2 is 2.00 bits per heavy atom. The molecular weight excluding hydrogens is 474 g/mol. The molecule has 0 spiro atoms. The number of likely N-dealkylation sites (N-methyl/N-ethyl adjacent to an activating group) is 1. The molecule has 1 aliphatic heterocycles. The Kier molecular flexibility index (Phi) is 6.52. The van der Waals surface area contributed by atoms with E-state index in [9.17, 15) is 29.7 Å². The summed E-state index contributed by atoms with van der Waals surface area (Å²) in [5.74, 6) is -3.40. The molecule has 0 saturated heterocycles. The molecule has 2 aliphatic carbocycles. The van der Waals surface area contributed by atoms with Crippen molar-refractivity contribution in [2.75, 3.05) is 13.6 Å². The molecule has 1 aromatic rings. The molecule has 0 bridgehead atoms. The van der Waals surface area contributed by atoms with Crippen molar-refractivity contribution >= 4 is 17.9 Å². The monoisotopic (exact) mass is 505 g/mol. The Hall–Kier alpha value is -3.15. The van der Waals surface area contributed by atoms with Gasteiger partial charge in [0.05, 0.1) is 17.4 Å². The van der Waals surface area contributed by atoms with Crippen molar-refractivity contribution in [3.63, 3.8) is 0 Å². The first-order valence-corrected chi connectivity index (χ1v) is 11.8. The third kappa shape index (κ3) is 3.82. The first-order chi connectivity index (χ1) is 16.8. The molecule has 0 unspecified atom stereocenters. The Labute approximate surface area is 207 Å². The van der Waals surface area contributed by atoms with Crippen molar-refractivity contribution in [3.05, 3.63) is 35.1 Å². The number of aromatic hydroxyl groups is 1. The zero-order chi connectivity index (χ0) is 26.6. The number of aliphatic hydroxyl groups excluding tert-OH is 1. The molecule has 0 aromatic heterocycles. The van der Waals surface area contributed by atoms with Crippen molar-refractivity contribution in [1.82, 2.24) is 4.90 Å². The lowest BCUT2D eigenvalue weighted by Gasteiger charge is -2.56. The fraction of sp³-hybridized carbons (Fsp3) is 0.560. The van der Waals surface area contributed by atoms with E-state index >= 15 is 0 Å². The van der Waals surface area contributed by atoms with Crippen LogP contribution in [0.15, 0.2) is 24.0 Å². The lowest BCUT2D eigenvalue weighted by atomic mass is 9.54. The summed E-state index contributed by atoms with van der Waals surface area (Å²) in [6, 6.07) is 3.08. The molecule has 11 nitrogen and oxygen atoms in total. The van der Waals surface area contributed by atoms with Crippen LogP contribution in [-0.2, 0) is 35.7 Å². The zero-order valence-corrected chi connectivity index (χ0v) is 20.6. The second-order valence-corrected chi connectivity index (χ2v) is 9.79. The molecule has 4 rings (SSSR count). The largest absolute Gasteiger partial charge is 0.504 e. The quantitative estimate of drug-likeness (QED) is 0.366. The summed E-state index contributed by atoms with van der Waals surface area (Å²) >= 11 is 0. The second-order valence-electron chi connectivity index (χ2n) is 9.79. The Morgan fingerprint density at radius 1 is 1.31 bits per heavy atom. The van der Waals surface area contributed by atoms with Gasteiger partial charge in [0.1, 0.15) is 5.76 Å². The molecule has 1 heterocycles. The number of rotatable bonds is 8. The maximum absolute atomic E-state index is 12.6. The van der Waals surface area contributed by atoms with Crippen LogP contribution in [0.3, 0.4) is 0 Å². The van der Waals surface area contributed by atoms with Gasteiger partial charge in [0.25, 0.3) is 0 Å². The van der Waals surface area contributed by atoms with E-state index in [1.165, 1.54) is 6.07 Å². The van der Waals surface area contributed by atoms with Crippen LogP contribution in [-0.4, -0.2) is 86.8 Å². The number of aliphatic carboxylic acids is 1. The number of esters is 2. The lowest BCUT2D eigenvalue weighted by molar-refractivity contribution is -0.171. The number of carbonyl (C=O) groups excluding carboxylic acids is 2. The molecule has 4 N–H and O–H groups in total. The van der Waals surface area contributed by atoms with Gasteiger partial charge in [-0.3, -0.25) is 4.79 Å². The SMILES string of the molecule is CCN(C)[C@@H]1Cc2ccc(O)c3c2[C@@]2(C)[C@@H](O3)C(OC(=O)C[C@H](O)C(=O)O[C@@H](C)C(=O)O)=CC[C@@]12O. The predicted octanol–water partition coefficient (Wildman–Crippen LogP) is 0.616. The van der Waals surface area contributed by atoms with Crippen LogP contribution in [0.5, 0.6) is 11.5 Å². The van der Waals surface area contributed by atoms with Crippen LogP contribution in [0.4, 0.5) is 0 Å². The van der Waals surface area contributed by atoms with Gasteiger partial charge in [-0.2, -0.15) is 0 Å². The van der Waals surface area contributed by atoms with E-state index in [0.717, 1.165) is 12.5 Å². The molecular formula is C25H31NO10. The lowest BCUT2D eigenvalue weighted by Crippen LogP contribution is -2.69. The minimum atomic E-state index is -1.93. The third-order valence-electron chi connectivity index (χ3n) is 7.77. The molecule has 0 amide bonds. The van der Waals surface area contributed by atoms with E-state index in [4.69, 9.17) is 14.6 Å². The van der Waals surface area contributed by atoms with Gasteiger partial charge in [0.2, 0.25) is 0 Å². The van der Waals surface area contributed by atoms with Crippen molar-refractivity contribution in [1.29, 1.82) is 0 Å². The van der Waals surface area contributed by atoms with E-state index in [-0.39, 0.29) is 29.7 Å². The van der Waals surface area contributed by atoms with Gasteiger partial charge in [0.15, 0.2) is 29.8 Å². The molecule has 0 radical (unpaired) electrons. The highest BCUT2D eigenvalue weighted by Crippen LogP contribution is 2.62. The summed E-state index contributed by atoms with van der Waals surface area (Å²) < 4.78 is 16.2. The normalized spacial score (nSPS) is 29.5. The first kappa shape index (κ1) is 25.9. The topological polar surface area (TPSA) is 163 Å². The number of hydrogen-bond donors (Lipinski definition) is 4. The Bertz CT molecular complexity index is 1130. The molecule has 11 heteroatoms. The van der Waals surface area contributed by atoms with Crippen molar-refractivity contribution in [2.24, 2.45) is 0 Å². The molecule has 3 aliphatic rings. The van der Waals surface area contributed by atoms with Crippen LogP contribution in [0.1, 0.15) is 44.7 Å². The summed E-state index contributed by atoms with van der Waals surface area (Å²) in [7, 11) is 1.92. The van der Waals surface area contributed by atoms with Crippen LogP contribution in [0.25, 0.3) is 0 Å². The second kappa shape index (κ2) is 9.06. The summed E-state index contributed by atoms with van der Waals surface area (Å²) in [5, 5.41) is 41.5. The number of carboxylic acids is 1. The van der Waals surface area contributed by atoms with Gasteiger partial charge >= 0.3 is 17.9 Å². The Balaban J connectivity index is 1.61. The van der Waals surface area contributed by atoms with E-state index in [0.29, 0.717) is 18.5 Å². The summed E-state index contributed by atoms with van der Waals surface area (Å²) in [5.41, 5.74) is -0.785. The van der Waals surface area contributed by atoms with Crippen LogP contribution in [0, 0.1) is 0 Å². The third-order valence-corrected chi connectivity index (χ3v) is 7.77. The molecule has 196 valence electrons. The maximum atomic E-state index is 12.6. The van der Waals surface area contributed by atoms with E-state index in [1.54, 1.807) is 6.08 Å². The number of benzene rings is 1. The number of phenolic OH excluding ortho intramolecular Hbond substituents is 1. The summed E-state index contributed by atoms with van der Waals surface area (Å²) in [4.78, 5) is 37.4. The minimum absolute atomic E-state index is 0.0907. The summed E-state index contributed by atoms with van der Waals surface area (Å²) in [6.07, 6.45) is -2.91. The minimum Gasteiger partial charge on any atom is -0.504 e. The van der Waals surface area contributed by atoms with E-state index in [2.05, 4.69) is 9.64 Å². The number of phenols is 1. The van der Waals surface area contributed by atoms with E-state index < -0.39 is 53.7 Å². The number of hydrogen-bond acceptors (Lipinski definition) is 10. The fourth-order valence-electron chi connectivity index (χ4n) is 5.61. The zero-order valence-electron chi connectivity index (χ0n) is 20.6. The van der Waals surface area contributed by atoms with Crippen LogP contribution >= 0.6 is 0 Å². The van der Waals surface area contributed by atoms with Crippen LogP contribution < -0.4 is 4.74 Å². The van der Waals surface area contributed by atoms with Gasteiger partial charge in [-0.25, -0.2) is 9.59 Å². The molecule has 1 aromatic carbocycles. The summed E-state index contributed by atoms with van der Waals surface area (Å²) in [6.45, 7) is 5.62. The Morgan fingerprint density at radius 3 is 2.64 bits per heavy atom. The van der Waals surface area contributed by atoms with Crippen molar-refractivity contribution in [2.45, 2.75) is 75.4 Å². The van der Waals surface area contributed by atoms with Crippen molar-refractivity contribution < 1.29 is 49.0 Å². The van der Waals surface area contributed by atoms with Crippen molar-refractivity contribution in [3.8, 4) is 11.5 Å². The highest BCUT2D eigenvalue weighted by atomic mass is 16.6. The number of carboxylic acid groups (broad SMARTS) is 1. The van der Waals surface area contributed by atoms with Gasteiger partial charge in [-0.15, -0.1) is 0 Å². The highest BCUT2D eigenvalue weighted by molar-refractivity contribution is 5.84. The molecule has 0 fully saturated rings. The van der Waals surface area contributed by atoms with E-state index in [1.807, 2.05) is 27.0 Å². The average Bonchev–Trinajstić information content (AvgIpc) is 3.16. The number of carbonyl (C=O) groups is 3. The van der Waals surface area contributed by atoms with Gasteiger partial charge in [-0.1, -0.05) is 13.0 Å². The molecule has 6 atom stereocenters. The van der Waals surface area contributed by atoms with Gasteiger partial charge in [-0.05, 0) is 51.6 Å². The smallest absolute Gasteiger partial charge is 0.344 e. The van der Waals surface area contributed by atoms with Crippen LogP contribution in [0.2, 0.25) is 0 Å². The maximum Gasteiger partial charge on any atom is 0.344 e. The fourth-order valence-corrected chi connectivity index (χ4v) is 5.61. The predicted molar refractivity (Wildman–Crippen MR) is 123 cm³/mol. The highest BCUT2D eigenvalue weighted by Gasteiger charge is 2.68. The molecule has 36 heavy (non-hydrogen) atoms. The standard InChI is InChI=1S/C25H31NO10/c1-5-26(4)17-10-13-6-7-14(27)20-19(13)24(3)21(36-20)16(8-9-25(17,24)33)35-18(29)11-15(28)23(32)34-12(2)22(30)31/h6-8,12,15,17,21,27-28,33H,5,9-11H2,1-4H3,(H,30,31)/t12-,15-,17+,21-,24-,25+/m0/s1. The number of nitrogens with zero attached hydrogens (tertiary/aromatic N) is 1. The first-order valence-electron chi connectivity index (χ1n) is 11.8. The molecule has 0 saturated carbocycles. The average molecular weight is 506 g/mol. The van der Waals surface area contributed by atoms with Gasteiger partial charge < -0.3 is 39.5 Å².